The summed E-state index contributed by atoms with van der Waals surface area (Å²) in [7, 11) is 0. The van der Waals surface area contributed by atoms with Gasteiger partial charge in [0.15, 0.2) is 0 Å². The van der Waals surface area contributed by atoms with Crippen LogP contribution in [0.25, 0.3) is 0 Å². The number of carbonyl (C=O) groups is 1. The van der Waals surface area contributed by atoms with Gasteiger partial charge in [-0.1, -0.05) is 13.8 Å². The maximum Gasteiger partial charge on any atom is 0.224 e. The highest BCUT2D eigenvalue weighted by Gasteiger charge is 2.26. The lowest BCUT2D eigenvalue weighted by molar-refractivity contribution is -0.125. The van der Waals surface area contributed by atoms with Gasteiger partial charge in [0.1, 0.15) is 0 Å². The van der Waals surface area contributed by atoms with Gasteiger partial charge in [-0.05, 0) is 51.2 Å². The van der Waals surface area contributed by atoms with Crippen LogP contribution in [-0.2, 0) is 4.79 Å². The Labute approximate surface area is 117 Å². The van der Waals surface area contributed by atoms with Crippen molar-refractivity contribution in [3.63, 3.8) is 0 Å². The fraction of sp³-hybridized carbons (Fsp3) is 0.933. The zero-order valence-corrected chi connectivity index (χ0v) is 12.5. The van der Waals surface area contributed by atoms with E-state index in [0.717, 1.165) is 32.5 Å². The van der Waals surface area contributed by atoms with Crippen LogP contribution < -0.4 is 10.6 Å². The fourth-order valence-corrected chi connectivity index (χ4v) is 3.28. The highest BCUT2D eigenvalue weighted by Crippen LogP contribution is 2.17. The van der Waals surface area contributed by atoms with Crippen LogP contribution in [0.1, 0.15) is 39.5 Å². The van der Waals surface area contributed by atoms with Crippen LogP contribution in [0.4, 0.5) is 0 Å². The van der Waals surface area contributed by atoms with Crippen LogP contribution in [0.2, 0.25) is 0 Å². The van der Waals surface area contributed by atoms with Crippen molar-refractivity contribution in [2.24, 2.45) is 11.8 Å². The van der Waals surface area contributed by atoms with Gasteiger partial charge in [-0.3, -0.25) is 9.69 Å². The van der Waals surface area contributed by atoms with Crippen molar-refractivity contribution in [2.75, 3.05) is 32.7 Å². The van der Waals surface area contributed by atoms with Crippen LogP contribution in [0.15, 0.2) is 0 Å². The maximum absolute atomic E-state index is 12.2. The molecule has 2 heterocycles. The van der Waals surface area contributed by atoms with Gasteiger partial charge < -0.3 is 10.6 Å². The highest BCUT2D eigenvalue weighted by atomic mass is 16.1. The van der Waals surface area contributed by atoms with Gasteiger partial charge in [0, 0.05) is 19.1 Å². The van der Waals surface area contributed by atoms with E-state index in [-0.39, 0.29) is 11.8 Å². The van der Waals surface area contributed by atoms with E-state index in [1.54, 1.807) is 0 Å². The van der Waals surface area contributed by atoms with Crippen molar-refractivity contribution in [1.82, 2.24) is 15.5 Å². The van der Waals surface area contributed by atoms with Crippen molar-refractivity contribution in [1.29, 1.82) is 0 Å². The Kier molecular flexibility index (Phi) is 5.64. The van der Waals surface area contributed by atoms with E-state index in [4.69, 9.17) is 0 Å². The molecule has 4 nitrogen and oxygen atoms in total. The van der Waals surface area contributed by atoms with Gasteiger partial charge in [0.2, 0.25) is 5.91 Å². The molecule has 1 unspecified atom stereocenters. The molecule has 4 heteroatoms. The zero-order valence-electron chi connectivity index (χ0n) is 12.5. The SMILES string of the molecule is CC(C)C(CNC(=O)[C@H]1CCCNC1)N1CCCC1. The lowest BCUT2D eigenvalue weighted by Crippen LogP contribution is -2.48. The van der Waals surface area contributed by atoms with Crippen LogP contribution in [0.5, 0.6) is 0 Å². The number of amides is 1. The molecule has 19 heavy (non-hydrogen) atoms. The van der Waals surface area contributed by atoms with Crippen LogP contribution in [0.3, 0.4) is 0 Å². The third-order valence-electron chi connectivity index (χ3n) is 4.53. The van der Waals surface area contributed by atoms with Crippen molar-refractivity contribution in [2.45, 2.75) is 45.6 Å². The molecule has 2 atom stereocenters. The molecule has 0 aromatic rings. The average molecular weight is 267 g/mol. The molecule has 0 bridgehead atoms. The average Bonchev–Trinajstić information content (AvgIpc) is 2.93. The number of rotatable bonds is 5. The number of nitrogens with zero attached hydrogens (tertiary/aromatic N) is 1. The predicted molar refractivity (Wildman–Crippen MR) is 78.0 cm³/mol. The minimum Gasteiger partial charge on any atom is -0.354 e. The van der Waals surface area contributed by atoms with E-state index in [0.29, 0.717) is 12.0 Å². The second-order valence-corrected chi connectivity index (χ2v) is 6.34. The Morgan fingerprint density at radius 3 is 2.63 bits per heavy atom. The summed E-state index contributed by atoms with van der Waals surface area (Å²) in [4.78, 5) is 14.7. The predicted octanol–water partition coefficient (Wildman–Crippen LogP) is 1.22. The number of hydrogen-bond donors (Lipinski definition) is 2. The summed E-state index contributed by atoms with van der Waals surface area (Å²) in [6.07, 6.45) is 4.78. The Bertz CT molecular complexity index is 281. The molecular formula is C15H29N3O. The second-order valence-electron chi connectivity index (χ2n) is 6.34. The largest absolute Gasteiger partial charge is 0.354 e. The summed E-state index contributed by atoms with van der Waals surface area (Å²) >= 11 is 0. The van der Waals surface area contributed by atoms with E-state index in [1.807, 2.05) is 0 Å². The van der Waals surface area contributed by atoms with Crippen LogP contribution in [0, 0.1) is 11.8 Å². The maximum atomic E-state index is 12.2. The smallest absolute Gasteiger partial charge is 0.224 e. The van der Waals surface area contributed by atoms with Crippen molar-refractivity contribution >= 4 is 5.91 Å². The van der Waals surface area contributed by atoms with Gasteiger partial charge in [-0.25, -0.2) is 0 Å². The summed E-state index contributed by atoms with van der Waals surface area (Å²) in [5.74, 6) is 1.03. The first-order chi connectivity index (χ1) is 9.18. The summed E-state index contributed by atoms with van der Waals surface area (Å²) < 4.78 is 0. The molecule has 0 aliphatic carbocycles. The van der Waals surface area contributed by atoms with Crippen LogP contribution >= 0.6 is 0 Å². The first kappa shape index (κ1) is 14.8. The molecule has 1 amide bonds. The third-order valence-corrected chi connectivity index (χ3v) is 4.53. The quantitative estimate of drug-likeness (QED) is 0.787. The van der Waals surface area contributed by atoms with Gasteiger partial charge in [0.05, 0.1) is 5.92 Å². The summed E-state index contributed by atoms with van der Waals surface area (Å²) in [6.45, 7) is 9.64. The summed E-state index contributed by atoms with van der Waals surface area (Å²) in [6, 6.07) is 0.503. The highest BCUT2D eigenvalue weighted by molar-refractivity contribution is 5.79. The first-order valence-corrected chi connectivity index (χ1v) is 7.91. The second kappa shape index (κ2) is 7.25. The topological polar surface area (TPSA) is 44.4 Å². The van der Waals surface area contributed by atoms with E-state index in [1.165, 1.54) is 25.9 Å². The first-order valence-electron chi connectivity index (χ1n) is 7.91. The van der Waals surface area contributed by atoms with E-state index in [2.05, 4.69) is 29.4 Å². The minimum atomic E-state index is 0.181. The monoisotopic (exact) mass is 267 g/mol. The Morgan fingerprint density at radius 2 is 2.05 bits per heavy atom. The molecule has 0 saturated carbocycles. The van der Waals surface area contributed by atoms with E-state index >= 15 is 0 Å². The molecule has 2 saturated heterocycles. The summed E-state index contributed by atoms with van der Waals surface area (Å²) in [5.41, 5.74) is 0. The number of piperidine rings is 1. The van der Waals surface area contributed by atoms with Gasteiger partial charge in [-0.15, -0.1) is 0 Å². The van der Waals surface area contributed by atoms with Crippen molar-refractivity contribution in [3.8, 4) is 0 Å². The van der Waals surface area contributed by atoms with Crippen LogP contribution in [-0.4, -0.2) is 49.6 Å². The molecule has 0 spiro atoms. The molecule has 0 radical (unpaired) electrons. The molecule has 110 valence electrons. The molecule has 2 fully saturated rings. The van der Waals surface area contributed by atoms with E-state index in [9.17, 15) is 4.79 Å². The molecule has 0 aromatic heterocycles. The third kappa shape index (κ3) is 4.18. The van der Waals surface area contributed by atoms with Crippen molar-refractivity contribution in [3.05, 3.63) is 0 Å². The molecule has 2 rings (SSSR count). The molecule has 2 aliphatic heterocycles. The fourth-order valence-electron chi connectivity index (χ4n) is 3.28. The number of hydrogen-bond acceptors (Lipinski definition) is 3. The number of nitrogens with one attached hydrogen (secondary N) is 2. The van der Waals surface area contributed by atoms with Gasteiger partial charge in [-0.2, -0.15) is 0 Å². The summed E-state index contributed by atoms with van der Waals surface area (Å²) in [5, 5.41) is 6.50. The lowest BCUT2D eigenvalue weighted by atomic mass is 9.98. The molecule has 2 aliphatic rings. The zero-order chi connectivity index (χ0) is 13.7. The minimum absolute atomic E-state index is 0.181. The van der Waals surface area contributed by atoms with Gasteiger partial charge >= 0.3 is 0 Å². The Balaban J connectivity index is 1.79. The normalized spacial score (nSPS) is 26.6. The number of likely N-dealkylation sites (tertiary alicyclic amines) is 1. The molecular weight excluding hydrogens is 238 g/mol. The molecule has 0 aromatic carbocycles. The standard InChI is InChI=1S/C15H29N3O/c1-12(2)14(18-8-3-4-9-18)11-17-15(19)13-6-5-7-16-10-13/h12-14,16H,3-11H2,1-2H3,(H,17,19)/t13-,14?/m0/s1. The van der Waals surface area contributed by atoms with Crippen molar-refractivity contribution < 1.29 is 4.79 Å². The van der Waals surface area contributed by atoms with Gasteiger partial charge in [0.25, 0.3) is 0 Å². The molecule has 2 N–H and O–H groups in total. The Morgan fingerprint density at radius 1 is 1.32 bits per heavy atom. The lowest BCUT2D eigenvalue weighted by Gasteiger charge is -2.32. The van der Waals surface area contributed by atoms with E-state index < -0.39 is 0 Å². The Hall–Kier alpha value is -0.610. The number of carbonyl (C=O) groups excluding carboxylic acids is 1.